The van der Waals surface area contributed by atoms with Gasteiger partial charge in [0, 0.05) is 0 Å². The molecule has 0 heterocycles. The molecule has 2 aliphatic rings. The van der Waals surface area contributed by atoms with Gasteiger partial charge in [-0.05, 0) is 42.9 Å². The van der Waals surface area contributed by atoms with Crippen LogP contribution >= 0.6 is 0 Å². The van der Waals surface area contributed by atoms with Crippen LogP contribution in [0.5, 0.6) is 0 Å². The molecule has 0 bridgehead atoms. The summed E-state index contributed by atoms with van der Waals surface area (Å²) in [6, 6.07) is 0. The van der Waals surface area contributed by atoms with Gasteiger partial charge in [-0.1, -0.05) is 71.6 Å². The van der Waals surface area contributed by atoms with Crippen LogP contribution in [0.3, 0.4) is 0 Å². The van der Waals surface area contributed by atoms with Crippen molar-refractivity contribution in [1.82, 2.24) is 0 Å². The molecule has 2 unspecified atom stereocenters. The van der Waals surface area contributed by atoms with Crippen LogP contribution < -0.4 is 0 Å². The van der Waals surface area contributed by atoms with Gasteiger partial charge in [0.05, 0.1) is 0 Å². The molecule has 0 nitrogen and oxygen atoms in total. The summed E-state index contributed by atoms with van der Waals surface area (Å²) in [5.41, 5.74) is 0. The fourth-order valence-electron chi connectivity index (χ4n) is 4.57. The average molecular weight is 250 g/mol. The summed E-state index contributed by atoms with van der Waals surface area (Å²) in [7, 11) is 0. The third-order valence-electron chi connectivity index (χ3n) is 5.92. The van der Waals surface area contributed by atoms with Crippen LogP contribution in [0.2, 0.25) is 0 Å². The summed E-state index contributed by atoms with van der Waals surface area (Å²) < 4.78 is 0. The van der Waals surface area contributed by atoms with E-state index in [1.807, 2.05) is 0 Å². The number of rotatable bonds is 5. The highest BCUT2D eigenvalue weighted by molar-refractivity contribution is 4.82. The van der Waals surface area contributed by atoms with Crippen LogP contribution in [0, 0.1) is 23.7 Å². The van der Waals surface area contributed by atoms with Crippen molar-refractivity contribution < 1.29 is 0 Å². The zero-order valence-electron chi connectivity index (χ0n) is 12.8. The van der Waals surface area contributed by atoms with Crippen LogP contribution in [0.1, 0.15) is 90.9 Å². The number of hydrogen-bond acceptors (Lipinski definition) is 0. The Bertz CT molecular complexity index is 212. The summed E-state index contributed by atoms with van der Waals surface area (Å²) in [5, 5.41) is 0. The van der Waals surface area contributed by atoms with Crippen LogP contribution in [0.25, 0.3) is 0 Å². The Hall–Kier alpha value is 0. The molecule has 0 heteroatoms. The molecule has 18 heavy (non-hydrogen) atoms. The van der Waals surface area contributed by atoms with E-state index in [1.165, 1.54) is 38.5 Å². The van der Waals surface area contributed by atoms with E-state index < -0.39 is 0 Å². The molecular weight excluding hydrogens is 216 g/mol. The molecule has 2 fully saturated rings. The molecule has 0 aliphatic heterocycles. The van der Waals surface area contributed by atoms with Crippen molar-refractivity contribution in [2.24, 2.45) is 23.7 Å². The first-order valence-corrected chi connectivity index (χ1v) is 8.83. The highest BCUT2D eigenvalue weighted by Crippen LogP contribution is 2.43. The van der Waals surface area contributed by atoms with Crippen molar-refractivity contribution in [1.29, 1.82) is 0 Å². The summed E-state index contributed by atoms with van der Waals surface area (Å²) in [6.07, 6.45) is 18.2. The van der Waals surface area contributed by atoms with E-state index in [1.54, 1.807) is 38.5 Å². The van der Waals surface area contributed by atoms with Gasteiger partial charge in [0.1, 0.15) is 0 Å². The molecule has 2 aliphatic carbocycles. The van der Waals surface area contributed by atoms with Crippen molar-refractivity contribution in [2.75, 3.05) is 0 Å². The Morgan fingerprint density at radius 2 is 1.56 bits per heavy atom. The minimum Gasteiger partial charge on any atom is -0.0654 e. The molecule has 0 saturated heterocycles. The summed E-state index contributed by atoms with van der Waals surface area (Å²) in [4.78, 5) is 0. The molecule has 0 amide bonds. The highest BCUT2D eigenvalue weighted by atomic mass is 14.4. The van der Waals surface area contributed by atoms with Crippen molar-refractivity contribution in [3.63, 3.8) is 0 Å². The van der Waals surface area contributed by atoms with E-state index in [4.69, 9.17) is 0 Å². The predicted octanol–water partition coefficient (Wildman–Crippen LogP) is 6.20. The fraction of sp³-hybridized carbons (Fsp3) is 1.00. The van der Waals surface area contributed by atoms with Crippen LogP contribution in [0.4, 0.5) is 0 Å². The van der Waals surface area contributed by atoms with Gasteiger partial charge in [0.2, 0.25) is 0 Å². The lowest BCUT2D eigenvalue weighted by atomic mass is 9.68. The minimum absolute atomic E-state index is 1.07. The van der Waals surface area contributed by atoms with E-state index >= 15 is 0 Å². The first-order valence-electron chi connectivity index (χ1n) is 8.83. The van der Waals surface area contributed by atoms with Crippen molar-refractivity contribution >= 4 is 0 Å². The molecule has 0 aromatic carbocycles. The SMILES string of the molecule is CCCCC1CCC(C2CCCC(CC)C2)CC1. The van der Waals surface area contributed by atoms with Crippen molar-refractivity contribution in [2.45, 2.75) is 90.9 Å². The van der Waals surface area contributed by atoms with E-state index in [9.17, 15) is 0 Å². The van der Waals surface area contributed by atoms with Gasteiger partial charge in [-0.15, -0.1) is 0 Å². The second-order valence-electron chi connectivity index (χ2n) is 7.12. The zero-order valence-corrected chi connectivity index (χ0v) is 12.8. The van der Waals surface area contributed by atoms with E-state index in [0.717, 1.165) is 23.7 Å². The molecule has 0 aromatic rings. The van der Waals surface area contributed by atoms with E-state index in [0.29, 0.717) is 0 Å². The molecule has 0 spiro atoms. The molecule has 106 valence electrons. The average Bonchev–Trinajstić information content (AvgIpc) is 2.46. The van der Waals surface area contributed by atoms with Gasteiger partial charge in [-0.2, -0.15) is 0 Å². The third kappa shape index (κ3) is 4.00. The first kappa shape index (κ1) is 14.4. The number of hydrogen-bond donors (Lipinski definition) is 0. The maximum absolute atomic E-state index is 2.40. The Morgan fingerprint density at radius 1 is 0.778 bits per heavy atom. The van der Waals surface area contributed by atoms with Crippen molar-refractivity contribution in [3.8, 4) is 0 Å². The summed E-state index contributed by atoms with van der Waals surface area (Å²) >= 11 is 0. The molecular formula is C18H34. The van der Waals surface area contributed by atoms with Crippen molar-refractivity contribution in [3.05, 3.63) is 0 Å². The second-order valence-corrected chi connectivity index (χ2v) is 7.12. The van der Waals surface area contributed by atoms with Gasteiger partial charge >= 0.3 is 0 Å². The molecule has 0 N–H and O–H groups in total. The first-order chi connectivity index (χ1) is 8.83. The third-order valence-corrected chi connectivity index (χ3v) is 5.92. The van der Waals surface area contributed by atoms with Gasteiger partial charge in [0.25, 0.3) is 0 Å². The lowest BCUT2D eigenvalue weighted by molar-refractivity contribution is 0.135. The van der Waals surface area contributed by atoms with E-state index in [-0.39, 0.29) is 0 Å². The smallest absolute Gasteiger partial charge is 0.0383 e. The fourth-order valence-corrected chi connectivity index (χ4v) is 4.57. The van der Waals surface area contributed by atoms with E-state index in [2.05, 4.69) is 13.8 Å². The Kier molecular flexibility index (Phi) is 6.05. The van der Waals surface area contributed by atoms with Gasteiger partial charge in [-0.25, -0.2) is 0 Å². The lowest BCUT2D eigenvalue weighted by Crippen LogP contribution is -2.26. The summed E-state index contributed by atoms with van der Waals surface area (Å²) in [5.74, 6) is 4.38. The molecule has 0 radical (unpaired) electrons. The Labute approximate surface area is 115 Å². The highest BCUT2D eigenvalue weighted by Gasteiger charge is 2.30. The van der Waals surface area contributed by atoms with Gasteiger partial charge in [-0.3, -0.25) is 0 Å². The minimum atomic E-state index is 1.07. The predicted molar refractivity (Wildman–Crippen MR) is 80.7 cm³/mol. The second kappa shape index (κ2) is 7.56. The normalized spacial score (nSPS) is 37.7. The largest absolute Gasteiger partial charge is 0.0654 e. The molecule has 2 rings (SSSR count). The monoisotopic (exact) mass is 250 g/mol. The molecule has 0 aromatic heterocycles. The van der Waals surface area contributed by atoms with Gasteiger partial charge < -0.3 is 0 Å². The Balaban J connectivity index is 1.72. The zero-order chi connectivity index (χ0) is 12.8. The quantitative estimate of drug-likeness (QED) is 0.545. The summed E-state index contributed by atoms with van der Waals surface area (Å²) in [6.45, 7) is 4.73. The standard InChI is InChI=1S/C18H34/c1-3-5-7-16-10-12-17(13-11-16)18-9-6-8-15(4-2)14-18/h15-18H,3-14H2,1-2H3. The topological polar surface area (TPSA) is 0 Å². The number of unbranched alkanes of at least 4 members (excludes halogenated alkanes) is 1. The lowest BCUT2D eigenvalue weighted by Gasteiger charge is -2.38. The maximum Gasteiger partial charge on any atom is -0.0383 e. The Morgan fingerprint density at radius 3 is 2.22 bits per heavy atom. The molecule has 2 saturated carbocycles. The van der Waals surface area contributed by atoms with Crippen LogP contribution in [-0.2, 0) is 0 Å². The van der Waals surface area contributed by atoms with Crippen LogP contribution in [0.15, 0.2) is 0 Å². The maximum atomic E-state index is 2.40. The molecule has 2 atom stereocenters. The van der Waals surface area contributed by atoms with Crippen LogP contribution in [-0.4, -0.2) is 0 Å². The van der Waals surface area contributed by atoms with Gasteiger partial charge in [0.15, 0.2) is 0 Å².